The molecule has 0 atom stereocenters. The van der Waals surface area contributed by atoms with Crippen molar-refractivity contribution in [1.82, 2.24) is 5.32 Å². The van der Waals surface area contributed by atoms with Gasteiger partial charge in [-0.25, -0.2) is 0 Å². The quantitative estimate of drug-likeness (QED) is 0.720. The van der Waals surface area contributed by atoms with Gasteiger partial charge < -0.3 is 14.8 Å². The van der Waals surface area contributed by atoms with Crippen LogP contribution in [-0.2, 0) is 11.3 Å². The van der Waals surface area contributed by atoms with Crippen LogP contribution in [0.15, 0.2) is 30.4 Å². The molecule has 0 saturated carbocycles. The van der Waals surface area contributed by atoms with Gasteiger partial charge in [-0.2, -0.15) is 0 Å². The number of carbonyl (C=O) groups is 1. The van der Waals surface area contributed by atoms with E-state index in [0.717, 1.165) is 17.7 Å². The molecule has 0 aliphatic heterocycles. The van der Waals surface area contributed by atoms with Crippen LogP contribution in [-0.4, -0.2) is 19.6 Å². The summed E-state index contributed by atoms with van der Waals surface area (Å²) in [6.45, 7) is 11.6. The summed E-state index contributed by atoms with van der Waals surface area (Å²) in [6, 6.07) is 5.74. The molecule has 0 spiro atoms. The number of methoxy groups -OCH3 is 1. The molecule has 4 heteroatoms. The Morgan fingerprint density at radius 3 is 2.54 bits per heavy atom. The number of amides is 1. The first-order chi connectivity index (χ1) is 11.2. The molecule has 1 amide bonds. The van der Waals surface area contributed by atoms with Gasteiger partial charge in [0.2, 0.25) is 5.91 Å². The van der Waals surface area contributed by atoms with Crippen molar-refractivity contribution in [2.45, 2.75) is 47.6 Å². The van der Waals surface area contributed by atoms with Crippen molar-refractivity contribution >= 4 is 5.91 Å². The average Bonchev–Trinajstić information content (AvgIpc) is 2.50. The summed E-state index contributed by atoms with van der Waals surface area (Å²) < 4.78 is 11.2. The molecule has 0 radical (unpaired) electrons. The zero-order valence-corrected chi connectivity index (χ0v) is 15.8. The second kappa shape index (κ2) is 9.36. The lowest BCUT2D eigenvalue weighted by Gasteiger charge is -2.13. The van der Waals surface area contributed by atoms with E-state index in [1.54, 1.807) is 13.2 Å². The van der Waals surface area contributed by atoms with Crippen molar-refractivity contribution < 1.29 is 14.3 Å². The summed E-state index contributed by atoms with van der Waals surface area (Å²) in [5.74, 6) is 1.93. The minimum Gasteiger partial charge on any atom is -0.493 e. The van der Waals surface area contributed by atoms with Crippen molar-refractivity contribution in [3.63, 3.8) is 0 Å². The summed E-state index contributed by atoms with van der Waals surface area (Å²) in [5.41, 5.74) is 0.968. The van der Waals surface area contributed by atoms with Crippen molar-refractivity contribution in [2.75, 3.05) is 13.7 Å². The minimum atomic E-state index is -0.0962. The van der Waals surface area contributed by atoms with Crippen LogP contribution in [0.4, 0.5) is 0 Å². The molecule has 0 saturated heterocycles. The molecule has 1 N–H and O–H groups in total. The van der Waals surface area contributed by atoms with Gasteiger partial charge in [0.05, 0.1) is 13.7 Å². The van der Waals surface area contributed by atoms with Gasteiger partial charge in [0.25, 0.3) is 0 Å². The maximum atomic E-state index is 11.8. The van der Waals surface area contributed by atoms with Crippen LogP contribution in [0, 0.1) is 11.3 Å². The van der Waals surface area contributed by atoms with E-state index in [-0.39, 0.29) is 11.3 Å². The number of carbonyl (C=O) groups excluding carboxylic acids is 1. The molecule has 0 fully saturated rings. The summed E-state index contributed by atoms with van der Waals surface area (Å²) >= 11 is 0. The van der Waals surface area contributed by atoms with E-state index in [9.17, 15) is 4.79 Å². The maximum Gasteiger partial charge on any atom is 0.243 e. The van der Waals surface area contributed by atoms with E-state index < -0.39 is 0 Å². The van der Waals surface area contributed by atoms with Gasteiger partial charge in [0, 0.05) is 6.54 Å². The Labute approximate surface area is 146 Å². The minimum absolute atomic E-state index is 0.00443. The summed E-state index contributed by atoms with van der Waals surface area (Å²) in [5, 5.41) is 2.88. The molecule has 0 bridgehead atoms. The fourth-order valence-corrected chi connectivity index (χ4v) is 1.92. The molecule has 0 aliphatic rings. The van der Waals surface area contributed by atoms with Gasteiger partial charge in [0.1, 0.15) is 0 Å². The SMILES string of the molecule is COc1cc(CNC(=O)/C=C/C(C)(C)C)ccc1OCCC(C)C. The van der Waals surface area contributed by atoms with E-state index in [4.69, 9.17) is 9.47 Å². The van der Waals surface area contributed by atoms with Crippen molar-refractivity contribution in [1.29, 1.82) is 0 Å². The predicted octanol–water partition coefficient (Wildman–Crippen LogP) is 4.34. The smallest absolute Gasteiger partial charge is 0.243 e. The number of nitrogens with one attached hydrogen (secondary N) is 1. The van der Waals surface area contributed by atoms with Crippen LogP contribution in [0.1, 0.15) is 46.6 Å². The number of hydrogen-bond acceptors (Lipinski definition) is 3. The van der Waals surface area contributed by atoms with Gasteiger partial charge in [-0.05, 0) is 41.5 Å². The largest absolute Gasteiger partial charge is 0.493 e. The number of allylic oxidation sites excluding steroid dienone is 1. The second-order valence-corrected chi connectivity index (χ2v) is 7.43. The summed E-state index contributed by atoms with van der Waals surface area (Å²) in [7, 11) is 1.62. The Balaban J connectivity index is 2.61. The Morgan fingerprint density at radius 2 is 1.96 bits per heavy atom. The lowest BCUT2D eigenvalue weighted by Crippen LogP contribution is -2.21. The molecule has 0 unspecified atom stereocenters. The first-order valence-electron chi connectivity index (χ1n) is 8.48. The normalized spacial score (nSPS) is 11.8. The predicted molar refractivity (Wildman–Crippen MR) is 98.4 cm³/mol. The standard InChI is InChI=1S/C20H31NO3/c1-15(2)10-12-24-17-8-7-16(13-18(17)23-6)14-21-19(22)9-11-20(3,4)5/h7-9,11,13,15H,10,12,14H2,1-6H3,(H,21,22)/b11-9+. The van der Waals surface area contributed by atoms with Crippen molar-refractivity contribution in [3.8, 4) is 11.5 Å². The Bertz CT molecular complexity index is 556. The van der Waals surface area contributed by atoms with Crippen LogP contribution in [0.5, 0.6) is 11.5 Å². The molecular formula is C20H31NO3. The topological polar surface area (TPSA) is 47.6 Å². The summed E-state index contributed by atoms with van der Waals surface area (Å²) in [6.07, 6.45) is 4.48. The second-order valence-electron chi connectivity index (χ2n) is 7.43. The van der Waals surface area contributed by atoms with Gasteiger partial charge in [-0.15, -0.1) is 0 Å². The molecule has 0 aromatic heterocycles. The Kier molecular flexibility index (Phi) is 7.83. The average molecular weight is 333 g/mol. The molecule has 1 rings (SSSR count). The molecule has 4 nitrogen and oxygen atoms in total. The van der Waals surface area contributed by atoms with Crippen LogP contribution in [0.25, 0.3) is 0 Å². The van der Waals surface area contributed by atoms with Gasteiger partial charge in [-0.3, -0.25) is 4.79 Å². The number of ether oxygens (including phenoxy) is 2. The molecule has 0 aliphatic carbocycles. The van der Waals surface area contributed by atoms with Crippen LogP contribution in [0.3, 0.4) is 0 Å². The van der Waals surface area contributed by atoms with Crippen LogP contribution < -0.4 is 14.8 Å². The third-order valence-electron chi connectivity index (χ3n) is 3.38. The molecule has 1 aromatic rings. The molecule has 134 valence electrons. The molecule has 24 heavy (non-hydrogen) atoms. The zero-order chi connectivity index (χ0) is 18.2. The monoisotopic (exact) mass is 333 g/mol. The van der Waals surface area contributed by atoms with Crippen molar-refractivity contribution in [3.05, 3.63) is 35.9 Å². The Morgan fingerprint density at radius 1 is 1.25 bits per heavy atom. The maximum absolute atomic E-state index is 11.8. The fraction of sp³-hybridized carbons (Fsp3) is 0.550. The van der Waals surface area contributed by atoms with E-state index in [1.165, 1.54) is 0 Å². The highest BCUT2D eigenvalue weighted by Gasteiger charge is 2.08. The molecule has 0 heterocycles. The summed E-state index contributed by atoms with van der Waals surface area (Å²) in [4.78, 5) is 11.8. The number of benzene rings is 1. The third kappa shape index (κ3) is 8.04. The van der Waals surface area contributed by atoms with E-state index in [2.05, 4.69) is 39.9 Å². The highest BCUT2D eigenvalue weighted by Crippen LogP contribution is 2.28. The highest BCUT2D eigenvalue weighted by molar-refractivity contribution is 5.87. The van der Waals surface area contributed by atoms with Gasteiger partial charge in [-0.1, -0.05) is 46.8 Å². The first-order valence-corrected chi connectivity index (χ1v) is 8.48. The van der Waals surface area contributed by atoms with Gasteiger partial charge >= 0.3 is 0 Å². The van der Waals surface area contributed by atoms with E-state index in [1.807, 2.05) is 24.3 Å². The number of hydrogen-bond donors (Lipinski definition) is 1. The molecule has 1 aromatic carbocycles. The lowest BCUT2D eigenvalue weighted by molar-refractivity contribution is -0.116. The van der Waals surface area contributed by atoms with E-state index in [0.29, 0.717) is 24.8 Å². The van der Waals surface area contributed by atoms with Crippen LogP contribution >= 0.6 is 0 Å². The fourth-order valence-electron chi connectivity index (χ4n) is 1.92. The van der Waals surface area contributed by atoms with Crippen molar-refractivity contribution in [2.24, 2.45) is 11.3 Å². The van der Waals surface area contributed by atoms with Gasteiger partial charge in [0.15, 0.2) is 11.5 Å². The zero-order valence-electron chi connectivity index (χ0n) is 15.8. The highest BCUT2D eigenvalue weighted by atomic mass is 16.5. The first kappa shape index (κ1) is 20.1. The lowest BCUT2D eigenvalue weighted by atomic mass is 9.96. The van der Waals surface area contributed by atoms with E-state index >= 15 is 0 Å². The third-order valence-corrected chi connectivity index (χ3v) is 3.38. The molecular weight excluding hydrogens is 302 g/mol. The number of rotatable bonds is 8. The Hall–Kier alpha value is -1.97. The van der Waals surface area contributed by atoms with Crippen LogP contribution in [0.2, 0.25) is 0 Å².